The molecule has 2 N–H and O–H groups in total. The molecule has 1 amide bonds. The number of hydrogen-bond acceptors (Lipinski definition) is 6. The molecule has 10 nitrogen and oxygen atoms in total. The van der Waals surface area contributed by atoms with Crippen molar-refractivity contribution in [2.45, 2.75) is 31.8 Å². The summed E-state index contributed by atoms with van der Waals surface area (Å²) in [4.78, 5) is 48.1. The Bertz CT molecular complexity index is 1310. The molecule has 12 heteroatoms. The van der Waals surface area contributed by atoms with Gasteiger partial charge in [-0.15, -0.1) is 0 Å². The van der Waals surface area contributed by atoms with Gasteiger partial charge >= 0.3 is 11.7 Å². The minimum absolute atomic E-state index is 0.0220. The molecule has 0 saturated carbocycles. The van der Waals surface area contributed by atoms with Crippen molar-refractivity contribution in [3.63, 3.8) is 0 Å². The zero-order valence-electron chi connectivity index (χ0n) is 20.7. The van der Waals surface area contributed by atoms with Gasteiger partial charge in [0, 0.05) is 38.2 Å². The van der Waals surface area contributed by atoms with Gasteiger partial charge in [0.05, 0.1) is 27.5 Å². The molecule has 2 heterocycles. The third-order valence-corrected chi connectivity index (χ3v) is 7.12. The van der Waals surface area contributed by atoms with E-state index in [2.05, 4.69) is 26.2 Å². The number of rotatable bonds is 10. The van der Waals surface area contributed by atoms with Crippen LogP contribution in [0.5, 0.6) is 0 Å². The van der Waals surface area contributed by atoms with Crippen LogP contribution >= 0.6 is 15.9 Å². The lowest BCUT2D eigenvalue weighted by Gasteiger charge is -2.33. The lowest BCUT2D eigenvalue weighted by atomic mass is 9.94. The molecule has 0 unspecified atom stereocenters. The number of piperidine rings is 1. The molecule has 2 aromatic carbocycles. The smallest absolute Gasteiger partial charge is 0.342 e. The van der Waals surface area contributed by atoms with Crippen molar-refractivity contribution in [2.75, 3.05) is 25.1 Å². The second kappa shape index (κ2) is 12.2. The molecule has 38 heavy (non-hydrogen) atoms. The predicted molar refractivity (Wildman–Crippen MR) is 140 cm³/mol. The number of nitrogens with zero attached hydrogens (tertiary/aromatic N) is 4. The van der Waals surface area contributed by atoms with E-state index >= 15 is 0 Å². The topological polar surface area (TPSA) is 117 Å². The molecule has 0 spiro atoms. The van der Waals surface area contributed by atoms with E-state index in [-0.39, 0.29) is 27.4 Å². The Labute approximate surface area is 227 Å². The Hall–Kier alpha value is -3.80. The Kier molecular flexibility index (Phi) is 8.72. The lowest BCUT2D eigenvalue weighted by molar-refractivity contribution is -0.736. The molecule has 0 aliphatic carbocycles. The maximum absolute atomic E-state index is 14.0. The van der Waals surface area contributed by atoms with Gasteiger partial charge in [0.15, 0.2) is 7.11 Å². The van der Waals surface area contributed by atoms with E-state index in [0.717, 1.165) is 11.6 Å². The summed E-state index contributed by atoms with van der Waals surface area (Å²) in [5.74, 6) is -2.48. The lowest BCUT2D eigenvalue weighted by Crippen LogP contribution is -2.47. The van der Waals surface area contributed by atoms with Crippen LogP contribution < -0.4 is 10.2 Å². The van der Waals surface area contributed by atoms with Gasteiger partial charge < -0.3 is 19.9 Å². The molecule has 200 valence electrons. The highest BCUT2D eigenvalue weighted by Gasteiger charge is 2.33. The molecule has 3 aromatic rings. The zero-order chi connectivity index (χ0) is 27.2. The van der Waals surface area contributed by atoms with Crippen LogP contribution in [-0.2, 0) is 27.4 Å². The number of carboxylic acid groups (broad SMARTS) is 1. The minimum atomic E-state index is -1.13. The summed E-state index contributed by atoms with van der Waals surface area (Å²) in [6.07, 6.45) is 4.36. The van der Waals surface area contributed by atoms with Crippen LogP contribution in [0.1, 0.15) is 24.1 Å². The number of benzene rings is 2. The van der Waals surface area contributed by atoms with E-state index in [9.17, 15) is 24.0 Å². The van der Waals surface area contributed by atoms with E-state index in [1.54, 1.807) is 12.5 Å². The number of anilines is 1. The van der Waals surface area contributed by atoms with Crippen molar-refractivity contribution >= 4 is 39.2 Å². The van der Waals surface area contributed by atoms with Gasteiger partial charge in [0.1, 0.15) is 17.5 Å². The molecular formula is C26H28BrFN5O5+. The van der Waals surface area contributed by atoms with Crippen LogP contribution in [0.25, 0.3) is 0 Å². The fraction of sp³-hybridized carbons (Fsp3) is 0.346. The molecule has 1 aromatic heterocycles. The SMILES string of the molecule is CO[N+](=O)c1cc(F)c(Br)cc1N1CCC(C(=O)N[C@@H](Cc2cn(Cc3ccccc3)cn2)C(=O)O)CC1. The first-order valence-corrected chi connectivity index (χ1v) is 12.9. The average Bonchev–Trinajstić information content (AvgIpc) is 3.36. The number of hydrogen-bond donors (Lipinski definition) is 2. The Balaban J connectivity index is 1.36. The average molecular weight is 589 g/mol. The third-order valence-electron chi connectivity index (χ3n) is 6.51. The first-order valence-electron chi connectivity index (χ1n) is 12.1. The van der Waals surface area contributed by atoms with E-state index in [1.165, 1.54) is 13.2 Å². The van der Waals surface area contributed by atoms with Crippen LogP contribution in [0.2, 0.25) is 0 Å². The molecular weight excluding hydrogens is 561 g/mol. The Morgan fingerprint density at radius 3 is 2.63 bits per heavy atom. The van der Waals surface area contributed by atoms with Gasteiger partial charge in [-0.2, -0.15) is 0 Å². The van der Waals surface area contributed by atoms with Crippen molar-refractivity contribution in [2.24, 2.45) is 5.92 Å². The van der Waals surface area contributed by atoms with Crippen molar-refractivity contribution in [3.05, 3.63) is 81.4 Å². The summed E-state index contributed by atoms with van der Waals surface area (Å²) in [6, 6.07) is 11.3. The number of carbonyl (C=O) groups is 2. The van der Waals surface area contributed by atoms with Gasteiger partial charge in [0.25, 0.3) is 4.92 Å². The summed E-state index contributed by atoms with van der Waals surface area (Å²) in [7, 11) is 1.19. The number of carbonyl (C=O) groups excluding carboxylic acids is 1. The van der Waals surface area contributed by atoms with Crippen LogP contribution in [0.4, 0.5) is 15.8 Å². The number of amides is 1. The van der Waals surface area contributed by atoms with Crippen LogP contribution in [0, 0.1) is 16.6 Å². The van der Waals surface area contributed by atoms with Crippen LogP contribution in [0.15, 0.2) is 59.5 Å². The zero-order valence-corrected chi connectivity index (χ0v) is 22.3. The van der Waals surface area contributed by atoms with E-state index in [4.69, 9.17) is 4.84 Å². The number of nitrogens with one attached hydrogen (secondary N) is 1. The molecule has 1 atom stereocenters. The predicted octanol–water partition coefficient (Wildman–Crippen LogP) is 3.83. The summed E-state index contributed by atoms with van der Waals surface area (Å²) in [6.45, 7) is 1.45. The maximum atomic E-state index is 14.0. The van der Waals surface area contributed by atoms with Crippen LogP contribution in [-0.4, -0.2) is 57.7 Å². The highest BCUT2D eigenvalue weighted by molar-refractivity contribution is 9.10. The fourth-order valence-corrected chi connectivity index (χ4v) is 4.83. The van der Waals surface area contributed by atoms with E-state index < -0.39 is 23.7 Å². The summed E-state index contributed by atoms with van der Waals surface area (Å²) in [5.41, 5.74) is 2.16. The molecule has 1 aliphatic heterocycles. The van der Waals surface area contributed by atoms with Crippen LogP contribution in [0.3, 0.4) is 0 Å². The number of aromatic nitrogens is 2. The van der Waals surface area contributed by atoms with Crippen molar-refractivity contribution < 1.29 is 28.8 Å². The molecule has 1 fully saturated rings. The van der Waals surface area contributed by atoms with Crippen molar-refractivity contribution in [1.82, 2.24) is 14.9 Å². The molecule has 4 rings (SSSR count). The number of halogens is 2. The standard InChI is InChI=1S/C26H27BrFN5O5/c1-38-33(37)24-13-21(28)20(27)12-23(24)32-9-7-18(8-10-32)25(34)30-22(26(35)36)11-19-15-31(16-29-19)14-17-5-3-2-4-6-17/h2-6,12-13,15-16,18,22H,7-11,14H2,1H3,(H-,30,34,35,36)/p+1/t22-/m0/s1. The van der Waals surface area contributed by atoms with Gasteiger partial charge in [-0.05, 0) is 40.4 Å². The number of imidazole rings is 1. The molecule has 0 radical (unpaired) electrons. The monoisotopic (exact) mass is 588 g/mol. The number of carboxylic acids is 1. The van der Waals surface area contributed by atoms with Gasteiger partial charge in [-0.3, -0.25) is 4.79 Å². The molecule has 1 aliphatic rings. The number of aliphatic carboxylic acids is 1. The second-order valence-corrected chi connectivity index (χ2v) is 9.94. The van der Waals surface area contributed by atoms with E-state index in [1.807, 2.05) is 39.8 Å². The summed E-state index contributed by atoms with van der Waals surface area (Å²) < 4.78 is 16.1. The normalized spacial score (nSPS) is 14.7. The quantitative estimate of drug-likeness (QED) is 0.346. The molecule has 1 saturated heterocycles. The van der Waals surface area contributed by atoms with Gasteiger partial charge in [-0.25, -0.2) is 19.0 Å². The van der Waals surface area contributed by atoms with Gasteiger partial charge in [-0.1, -0.05) is 30.3 Å². The first-order chi connectivity index (χ1) is 18.2. The summed E-state index contributed by atoms with van der Waals surface area (Å²) in [5, 5.41) is 12.4. The second-order valence-electron chi connectivity index (χ2n) is 9.08. The summed E-state index contributed by atoms with van der Waals surface area (Å²) >= 11 is 3.15. The highest BCUT2D eigenvalue weighted by Crippen LogP contribution is 2.36. The Morgan fingerprint density at radius 2 is 1.97 bits per heavy atom. The molecule has 0 bridgehead atoms. The largest absolute Gasteiger partial charge is 0.480 e. The highest BCUT2D eigenvalue weighted by atomic mass is 79.9. The van der Waals surface area contributed by atoms with Crippen molar-refractivity contribution in [3.8, 4) is 0 Å². The third kappa shape index (κ3) is 6.55. The van der Waals surface area contributed by atoms with Gasteiger partial charge in [0.2, 0.25) is 5.91 Å². The van der Waals surface area contributed by atoms with Crippen molar-refractivity contribution in [1.29, 1.82) is 0 Å². The minimum Gasteiger partial charge on any atom is -0.480 e. The Morgan fingerprint density at radius 1 is 1.26 bits per heavy atom. The first kappa shape index (κ1) is 27.2. The maximum Gasteiger partial charge on any atom is 0.342 e. The fourth-order valence-electron chi connectivity index (χ4n) is 4.50. The van der Waals surface area contributed by atoms with E-state index in [0.29, 0.717) is 43.9 Å².